The van der Waals surface area contributed by atoms with E-state index >= 15 is 0 Å². The van der Waals surface area contributed by atoms with Crippen molar-refractivity contribution >= 4 is 17.6 Å². The molecule has 1 aliphatic rings. The lowest BCUT2D eigenvalue weighted by molar-refractivity contribution is 0.0975. The first-order valence-electron chi connectivity index (χ1n) is 9.96. The second-order valence-corrected chi connectivity index (χ2v) is 7.21. The number of benzene rings is 2. The average molecular weight is 380 g/mol. The molecule has 5 heteroatoms. The summed E-state index contributed by atoms with van der Waals surface area (Å²) in [5.41, 5.74) is 5.01. The number of anilines is 1. The van der Waals surface area contributed by atoms with Gasteiger partial charge in [0.1, 0.15) is 0 Å². The van der Waals surface area contributed by atoms with E-state index in [1.807, 2.05) is 50.2 Å². The lowest BCUT2D eigenvalue weighted by atomic mass is 10.1. The minimum absolute atomic E-state index is 0.122. The maximum Gasteiger partial charge on any atom is 0.257 e. The predicted octanol–water partition coefficient (Wildman–Crippen LogP) is 4.24. The number of ether oxygens (including phenoxy) is 1. The molecule has 5 nitrogen and oxygen atoms in total. The van der Waals surface area contributed by atoms with Crippen molar-refractivity contribution in [3.63, 3.8) is 0 Å². The second-order valence-electron chi connectivity index (χ2n) is 7.21. The molecule has 2 N–H and O–H groups in total. The van der Waals surface area contributed by atoms with Crippen LogP contribution in [0.1, 0.15) is 46.8 Å². The first-order chi connectivity index (χ1) is 13.6. The van der Waals surface area contributed by atoms with E-state index in [1.165, 1.54) is 11.1 Å². The molecule has 2 aromatic carbocycles. The Morgan fingerprint density at radius 1 is 1.18 bits per heavy atom. The number of carbonyl (C=O) groups is 1. The number of para-hydroxylation sites is 1. The van der Waals surface area contributed by atoms with Crippen LogP contribution in [0.4, 0.5) is 5.69 Å². The number of amides is 1. The van der Waals surface area contributed by atoms with Gasteiger partial charge in [-0.3, -0.25) is 10.1 Å². The van der Waals surface area contributed by atoms with Gasteiger partial charge in [0, 0.05) is 17.9 Å². The number of rotatable bonds is 5. The van der Waals surface area contributed by atoms with Gasteiger partial charge in [-0.05, 0) is 68.0 Å². The quantitative estimate of drug-likeness (QED) is 0.603. The first-order valence-corrected chi connectivity index (χ1v) is 9.96. The molecule has 1 fully saturated rings. The summed E-state index contributed by atoms with van der Waals surface area (Å²) in [5, 5.41) is 6.26. The third kappa shape index (κ3) is 5.20. The Kier molecular flexibility index (Phi) is 6.82. The maximum atomic E-state index is 12.8. The van der Waals surface area contributed by atoms with Gasteiger partial charge < -0.3 is 10.1 Å². The molecule has 0 bridgehead atoms. The van der Waals surface area contributed by atoms with Crippen LogP contribution < -0.4 is 10.6 Å². The zero-order valence-electron chi connectivity index (χ0n) is 16.9. The van der Waals surface area contributed by atoms with Crippen LogP contribution in [-0.2, 0) is 11.2 Å². The van der Waals surface area contributed by atoms with Crippen LogP contribution in [0.2, 0.25) is 0 Å². The summed E-state index contributed by atoms with van der Waals surface area (Å²) in [5.74, 6) is 0.287. The SMILES string of the molecule is CCc1ccccc1NC(=NC[C@H]1CCCO1)NC(=O)c1ccc(C)c(C)c1. The van der Waals surface area contributed by atoms with Crippen LogP contribution in [0.3, 0.4) is 0 Å². The van der Waals surface area contributed by atoms with E-state index in [2.05, 4.69) is 28.6 Å². The van der Waals surface area contributed by atoms with Crippen LogP contribution >= 0.6 is 0 Å². The maximum absolute atomic E-state index is 12.8. The average Bonchev–Trinajstić information content (AvgIpc) is 3.22. The molecule has 1 aliphatic heterocycles. The topological polar surface area (TPSA) is 62.7 Å². The summed E-state index contributed by atoms with van der Waals surface area (Å²) in [6.45, 7) is 7.47. The van der Waals surface area contributed by atoms with Crippen LogP contribution in [0, 0.1) is 13.8 Å². The van der Waals surface area contributed by atoms with Crippen LogP contribution in [0.25, 0.3) is 0 Å². The molecular formula is C23H29N3O2. The molecule has 148 valence electrons. The molecule has 0 radical (unpaired) electrons. The van der Waals surface area contributed by atoms with E-state index in [9.17, 15) is 4.79 Å². The molecule has 0 aliphatic carbocycles. The van der Waals surface area contributed by atoms with Gasteiger partial charge in [0.25, 0.3) is 5.91 Å². The molecule has 1 heterocycles. The van der Waals surface area contributed by atoms with Crippen LogP contribution in [0.15, 0.2) is 47.5 Å². The number of aryl methyl sites for hydroxylation is 3. The summed E-state index contributed by atoms with van der Waals surface area (Å²) in [6, 6.07) is 13.8. The van der Waals surface area contributed by atoms with E-state index in [0.29, 0.717) is 18.1 Å². The number of guanidine groups is 1. The highest BCUT2D eigenvalue weighted by Crippen LogP contribution is 2.16. The van der Waals surface area contributed by atoms with Gasteiger partial charge in [0.05, 0.1) is 12.6 Å². The Morgan fingerprint density at radius 3 is 2.71 bits per heavy atom. The lowest BCUT2D eigenvalue weighted by Gasteiger charge is -2.16. The molecule has 1 atom stereocenters. The van der Waals surface area contributed by atoms with E-state index in [1.54, 1.807) is 0 Å². The van der Waals surface area contributed by atoms with Crippen molar-refractivity contribution in [1.82, 2.24) is 5.32 Å². The molecule has 3 rings (SSSR count). The van der Waals surface area contributed by atoms with Crippen molar-refractivity contribution in [3.05, 3.63) is 64.7 Å². The van der Waals surface area contributed by atoms with E-state index in [0.717, 1.165) is 37.1 Å². The summed E-state index contributed by atoms with van der Waals surface area (Å²) < 4.78 is 5.67. The zero-order valence-corrected chi connectivity index (χ0v) is 16.9. The van der Waals surface area contributed by atoms with Crippen molar-refractivity contribution in [2.75, 3.05) is 18.5 Å². The fourth-order valence-electron chi connectivity index (χ4n) is 3.23. The van der Waals surface area contributed by atoms with Gasteiger partial charge in [-0.25, -0.2) is 4.99 Å². The van der Waals surface area contributed by atoms with Gasteiger partial charge in [0.2, 0.25) is 5.96 Å². The monoisotopic (exact) mass is 379 g/mol. The fourth-order valence-corrected chi connectivity index (χ4v) is 3.23. The molecule has 1 amide bonds. The predicted molar refractivity (Wildman–Crippen MR) is 114 cm³/mol. The minimum atomic E-state index is -0.171. The van der Waals surface area contributed by atoms with Crippen LogP contribution in [-0.4, -0.2) is 31.1 Å². The highest BCUT2D eigenvalue weighted by Gasteiger charge is 2.16. The lowest BCUT2D eigenvalue weighted by Crippen LogP contribution is -2.37. The number of carbonyl (C=O) groups excluding carboxylic acids is 1. The Labute approximate surface area is 167 Å². The van der Waals surface area contributed by atoms with Crippen LogP contribution in [0.5, 0.6) is 0 Å². The van der Waals surface area contributed by atoms with Crippen molar-refractivity contribution in [2.24, 2.45) is 4.99 Å². The van der Waals surface area contributed by atoms with Gasteiger partial charge in [0.15, 0.2) is 0 Å². The summed E-state index contributed by atoms with van der Waals surface area (Å²) in [6.07, 6.45) is 3.09. The third-order valence-corrected chi connectivity index (χ3v) is 5.13. The zero-order chi connectivity index (χ0) is 19.9. The van der Waals surface area contributed by atoms with Gasteiger partial charge >= 0.3 is 0 Å². The van der Waals surface area contributed by atoms with E-state index in [4.69, 9.17) is 4.74 Å². The normalized spacial score (nSPS) is 16.8. The molecule has 28 heavy (non-hydrogen) atoms. The summed E-state index contributed by atoms with van der Waals surface area (Å²) in [7, 11) is 0. The molecule has 0 unspecified atom stereocenters. The molecule has 1 saturated heterocycles. The smallest absolute Gasteiger partial charge is 0.257 e. The Hall–Kier alpha value is -2.66. The second kappa shape index (κ2) is 9.51. The first kappa shape index (κ1) is 20.1. The third-order valence-electron chi connectivity index (χ3n) is 5.13. The van der Waals surface area contributed by atoms with Crippen molar-refractivity contribution in [1.29, 1.82) is 0 Å². The summed E-state index contributed by atoms with van der Waals surface area (Å²) >= 11 is 0. The number of hydrogen-bond donors (Lipinski definition) is 2. The Balaban J connectivity index is 1.79. The highest BCUT2D eigenvalue weighted by molar-refractivity contribution is 6.10. The van der Waals surface area contributed by atoms with Gasteiger partial charge in [-0.1, -0.05) is 31.2 Å². The highest BCUT2D eigenvalue weighted by atomic mass is 16.5. The van der Waals surface area contributed by atoms with Crippen molar-refractivity contribution in [3.8, 4) is 0 Å². The number of aliphatic imine (C=N–C) groups is 1. The van der Waals surface area contributed by atoms with E-state index < -0.39 is 0 Å². The fraction of sp³-hybridized carbons (Fsp3) is 0.391. The molecule has 0 aromatic heterocycles. The largest absolute Gasteiger partial charge is 0.376 e. The molecular weight excluding hydrogens is 350 g/mol. The van der Waals surface area contributed by atoms with Crippen molar-refractivity contribution < 1.29 is 9.53 Å². The number of nitrogens with zero attached hydrogens (tertiary/aromatic N) is 1. The number of nitrogens with one attached hydrogen (secondary N) is 2. The Morgan fingerprint density at radius 2 is 2.00 bits per heavy atom. The Bertz CT molecular complexity index is 855. The van der Waals surface area contributed by atoms with Gasteiger partial charge in [-0.2, -0.15) is 0 Å². The van der Waals surface area contributed by atoms with Crippen molar-refractivity contribution in [2.45, 2.75) is 46.1 Å². The molecule has 0 saturated carbocycles. The number of hydrogen-bond acceptors (Lipinski definition) is 3. The molecule has 2 aromatic rings. The standard InChI is InChI=1S/C23H29N3O2/c1-4-18-8-5-6-10-21(18)25-23(24-15-20-9-7-13-28-20)26-22(27)19-12-11-16(2)17(3)14-19/h5-6,8,10-12,14,20H,4,7,9,13,15H2,1-3H3,(H2,24,25,26,27)/t20-/m1/s1. The molecule has 0 spiro atoms. The van der Waals surface area contributed by atoms with E-state index in [-0.39, 0.29) is 12.0 Å². The minimum Gasteiger partial charge on any atom is -0.376 e. The van der Waals surface area contributed by atoms with Gasteiger partial charge in [-0.15, -0.1) is 0 Å². The summed E-state index contributed by atoms with van der Waals surface area (Å²) in [4.78, 5) is 17.4.